The van der Waals surface area contributed by atoms with Crippen LogP contribution in [0, 0.1) is 5.92 Å². The van der Waals surface area contributed by atoms with Crippen molar-refractivity contribution in [3.63, 3.8) is 0 Å². The molecule has 2 fully saturated rings. The molecule has 1 aliphatic carbocycles. The van der Waals surface area contributed by atoms with Gasteiger partial charge < -0.3 is 14.7 Å². The summed E-state index contributed by atoms with van der Waals surface area (Å²) in [5.74, 6) is 0.453. The van der Waals surface area contributed by atoms with Crippen molar-refractivity contribution in [1.29, 1.82) is 0 Å². The Hall–Kier alpha value is -1.55. The van der Waals surface area contributed by atoms with E-state index in [2.05, 4.69) is 0 Å². The molecule has 96 valence electrons. The van der Waals surface area contributed by atoms with Crippen LogP contribution in [-0.2, 0) is 11.3 Å². The minimum absolute atomic E-state index is 0.0294. The molecule has 18 heavy (non-hydrogen) atoms. The lowest BCUT2D eigenvalue weighted by molar-refractivity contribution is 0.0367. The third-order valence-electron chi connectivity index (χ3n) is 3.89. The molecule has 1 heterocycles. The largest absolute Gasteiger partial charge is 0.445 e. The number of hydrogen-bond acceptors (Lipinski definition) is 3. The van der Waals surface area contributed by atoms with E-state index in [0.29, 0.717) is 12.5 Å². The van der Waals surface area contributed by atoms with Crippen molar-refractivity contribution in [1.82, 2.24) is 4.90 Å². The van der Waals surface area contributed by atoms with Crippen molar-refractivity contribution in [3.8, 4) is 0 Å². The van der Waals surface area contributed by atoms with Crippen molar-refractivity contribution in [2.45, 2.75) is 31.6 Å². The second kappa shape index (κ2) is 4.61. The Labute approximate surface area is 106 Å². The molecule has 4 nitrogen and oxygen atoms in total. The van der Waals surface area contributed by atoms with E-state index in [-0.39, 0.29) is 18.2 Å². The standard InChI is InChI=1S/C14H17NO3/c16-13-7-11-6-12(13)15(8-11)14(17)18-9-10-4-2-1-3-5-10/h1-5,11-13,16H,6-9H2/t11-,12+,13-/m1/s1. The smallest absolute Gasteiger partial charge is 0.410 e. The molecule has 1 amide bonds. The molecule has 1 aromatic rings. The van der Waals surface area contributed by atoms with E-state index in [0.717, 1.165) is 24.9 Å². The van der Waals surface area contributed by atoms with Crippen LogP contribution in [-0.4, -0.2) is 34.8 Å². The number of aliphatic hydroxyl groups excluding tert-OH is 1. The van der Waals surface area contributed by atoms with E-state index in [4.69, 9.17) is 4.74 Å². The van der Waals surface area contributed by atoms with E-state index >= 15 is 0 Å². The van der Waals surface area contributed by atoms with E-state index in [9.17, 15) is 9.90 Å². The van der Waals surface area contributed by atoms with Crippen molar-refractivity contribution in [3.05, 3.63) is 35.9 Å². The molecule has 0 unspecified atom stereocenters. The number of aliphatic hydroxyl groups is 1. The van der Waals surface area contributed by atoms with Gasteiger partial charge in [-0.25, -0.2) is 4.79 Å². The number of likely N-dealkylation sites (tertiary alicyclic amines) is 1. The quantitative estimate of drug-likeness (QED) is 0.866. The van der Waals surface area contributed by atoms with E-state index in [1.54, 1.807) is 4.90 Å². The number of carbonyl (C=O) groups excluding carboxylic acids is 1. The van der Waals surface area contributed by atoms with E-state index in [1.165, 1.54) is 0 Å². The molecule has 1 aromatic carbocycles. The van der Waals surface area contributed by atoms with Crippen molar-refractivity contribution < 1.29 is 14.6 Å². The molecule has 1 aliphatic heterocycles. The van der Waals surface area contributed by atoms with Gasteiger partial charge in [0.1, 0.15) is 6.61 Å². The van der Waals surface area contributed by atoms with Crippen LogP contribution in [0.2, 0.25) is 0 Å². The Morgan fingerprint density at radius 3 is 2.78 bits per heavy atom. The van der Waals surface area contributed by atoms with Gasteiger partial charge in [0, 0.05) is 6.54 Å². The second-order valence-corrected chi connectivity index (χ2v) is 5.16. The van der Waals surface area contributed by atoms with Crippen molar-refractivity contribution in [2.75, 3.05) is 6.54 Å². The number of fused-ring (bicyclic) bond motifs is 2. The molecule has 2 aliphatic rings. The fourth-order valence-electron chi connectivity index (χ4n) is 3.00. The predicted molar refractivity (Wildman–Crippen MR) is 65.9 cm³/mol. The molecule has 2 bridgehead atoms. The van der Waals surface area contributed by atoms with Gasteiger partial charge in [-0.05, 0) is 24.3 Å². The number of carbonyl (C=O) groups is 1. The van der Waals surface area contributed by atoms with Crippen molar-refractivity contribution >= 4 is 6.09 Å². The number of piperidine rings is 1. The molecule has 1 saturated carbocycles. The number of amides is 1. The van der Waals surface area contributed by atoms with Gasteiger partial charge in [-0.15, -0.1) is 0 Å². The summed E-state index contributed by atoms with van der Waals surface area (Å²) in [6.07, 6.45) is 1.08. The monoisotopic (exact) mass is 247 g/mol. The number of ether oxygens (including phenoxy) is 1. The summed E-state index contributed by atoms with van der Waals surface area (Å²) in [6.45, 7) is 1.03. The first-order valence-electron chi connectivity index (χ1n) is 6.39. The van der Waals surface area contributed by atoms with Crippen LogP contribution in [0.3, 0.4) is 0 Å². The minimum Gasteiger partial charge on any atom is -0.445 e. The maximum absolute atomic E-state index is 11.9. The highest BCUT2D eigenvalue weighted by molar-refractivity contribution is 5.69. The lowest BCUT2D eigenvalue weighted by atomic mass is 10.1. The zero-order valence-corrected chi connectivity index (χ0v) is 10.2. The Kier molecular flexibility index (Phi) is 2.96. The Balaban J connectivity index is 1.56. The van der Waals surface area contributed by atoms with Gasteiger partial charge in [0.05, 0.1) is 12.1 Å². The van der Waals surface area contributed by atoms with Gasteiger partial charge in [-0.1, -0.05) is 30.3 Å². The van der Waals surface area contributed by atoms with E-state index < -0.39 is 0 Å². The van der Waals surface area contributed by atoms with Gasteiger partial charge in [0.25, 0.3) is 0 Å². The minimum atomic E-state index is -0.368. The van der Waals surface area contributed by atoms with Gasteiger partial charge in [0.2, 0.25) is 0 Å². The lowest BCUT2D eigenvalue weighted by Gasteiger charge is -2.29. The predicted octanol–water partition coefficient (Wildman–Crippen LogP) is 1.78. The summed E-state index contributed by atoms with van der Waals surface area (Å²) in [4.78, 5) is 13.6. The molecule has 0 spiro atoms. The lowest BCUT2D eigenvalue weighted by Crippen LogP contribution is -2.44. The summed E-state index contributed by atoms with van der Waals surface area (Å²) in [5.41, 5.74) is 0.982. The highest BCUT2D eigenvalue weighted by Crippen LogP contribution is 2.37. The molecule has 3 atom stereocenters. The number of benzene rings is 1. The van der Waals surface area contributed by atoms with Gasteiger partial charge in [-0.2, -0.15) is 0 Å². The highest BCUT2D eigenvalue weighted by atomic mass is 16.6. The molecule has 3 rings (SSSR count). The average molecular weight is 247 g/mol. The first kappa shape index (κ1) is 11.5. The van der Waals surface area contributed by atoms with Crippen LogP contribution in [0.1, 0.15) is 18.4 Å². The number of rotatable bonds is 2. The third kappa shape index (κ3) is 2.08. The van der Waals surface area contributed by atoms with Crippen LogP contribution in [0.4, 0.5) is 4.79 Å². The summed E-state index contributed by atoms with van der Waals surface area (Å²) >= 11 is 0. The maximum atomic E-state index is 11.9. The molecular formula is C14H17NO3. The highest BCUT2D eigenvalue weighted by Gasteiger charge is 2.46. The van der Waals surface area contributed by atoms with Gasteiger partial charge in [-0.3, -0.25) is 0 Å². The maximum Gasteiger partial charge on any atom is 0.410 e. The Morgan fingerprint density at radius 2 is 2.11 bits per heavy atom. The van der Waals surface area contributed by atoms with Crippen LogP contribution in [0.25, 0.3) is 0 Å². The third-order valence-corrected chi connectivity index (χ3v) is 3.89. The fraction of sp³-hybridized carbons (Fsp3) is 0.500. The zero-order chi connectivity index (χ0) is 12.5. The molecule has 1 N–H and O–H groups in total. The number of hydrogen-bond donors (Lipinski definition) is 1. The average Bonchev–Trinajstić information content (AvgIpc) is 2.96. The summed E-state index contributed by atoms with van der Waals surface area (Å²) < 4.78 is 5.29. The number of nitrogens with zero attached hydrogens (tertiary/aromatic N) is 1. The summed E-state index contributed by atoms with van der Waals surface area (Å²) in [5, 5.41) is 9.77. The van der Waals surface area contributed by atoms with Crippen LogP contribution < -0.4 is 0 Å². The molecule has 4 heteroatoms. The Bertz CT molecular complexity index is 434. The molecule has 0 radical (unpaired) electrons. The molecule has 1 saturated heterocycles. The van der Waals surface area contributed by atoms with Gasteiger partial charge in [0.15, 0.2) is 0 Å². The van der Waals surface area contributed by atoms with Crippen molar-refractivity contribution in [2.24, 2.45) is 5.92 Å². The summed E-state index contributed by atoms with van der Waals surface area (Å²) in [7, 11) is 0. The topological polar surface area (TPSA) is 49.8 Å². The second-order valence-electron chi connectivity index (χ2n) is 5.16. The van der Waals surface area contributed by atoms with Crippen LogP contribution in [0.5, 0.6) is 0 Å². The van der Waals surface area contributed by atoms with Gasteiger partial charge >= 0.3 is 6.09 Å². The normalized spacial score (nSPS) is 29.6. The van der Waals surface area contributed by atoms with Crippen LogP contribution >= 0.6 is 0 Å². The Morgan fingerprint density at radius 1 is 1.33 bits per heavy atom. The fourth-order valence-corrected chi connectivity index (χ4v) is 3.00. The SMILES string of the molecule is O=C(OCc1ccccc1)N1C[C@H]2C[C@@H](O)[C@@H]1C2. The van der Waals surface area contributed by atoms with Crippen LogP contribution in [0.15, 0.2) is 30.3 Å². The molecular weight excluding hydrogens is 230 g/mol. The first-order chi connectivity index (χ1) is 8.74. The first-order valence-corrected chi connectivity index (χ1v) is 6.39. The molecule has 0 aromatic heterocycles. The van der Waals surface area contributed by atoms with E-state index in [1.807, 2.05) is 30.3 Å². The zero-order valence-electron chi connectivity index (χ0n) is 10.2. The summed E-state index contributed by atoms with van der Waals surface area (Å²) in [6, 6.07) is 9.60.